The zero-order valence-electron chi connectivity index (χ0n) is 14.7. The highest BCUT2D eigenvalue weighted by Crippen LogP contribution is 2.47. The van der Waals surface area contributed by atoms with E-state index in [2.05, 4.69) is 10.3 Å². The van der Waals surface area contributed by atoms with E-state index in [-0.39, 0.29) is 17.7 Å². The zero-order chi connectivity index (χ0) is 17.7. The number of nitrogens with one attached hydrogen (secondary N) is 1. The molecule has 1 aromatic rings. The van der Waals surface area contributed by atoms with Crippen molar-refractivity contribution in [3.63, 3.8) is 0 Å². The molecule has 3 rings (SSSR count). The fourth-order valence-corrected chi connectivity index (χ4v) is 3.16. The van der Waals surface area contributed by atoms with Crippen molar-refractivity contribution >= 4 is 17.6 Å². The minimum Gasteiger partial charge on any atom is -0.385 e. The minimum absolute atomic E-state index is 0.109. The van der Waals surface area contributed by atoms with Gasteiger partial charge in [0.25, 0.3) is 0 Å². The van der Waals surface area contributed by atoms with Gasteiger partial charge in [-0.1, -0.05) is 0 Å². The molecule has 1 atom stereocenters. The summed E-state index contributed by atoms with van der Waals surface area (Å²) in [5, 5.41) is 3.35. The highest BCUT2D eigenvalue weighted by atomic mass is 19.1. The van der Waals surface area contributed by atoms with Crippen LogP contribution in [0.2, 0.25) is 0 Å². The van der Waals surface area contributed by atoms with Gasteiger partial charge in [0.2, 0.25) is 5.91 Å². The standard InChI is InChI=1S/C18H25FN4O/c1-17(2)15(24)23(4)16(20)22-18(17,3)13-9-12(7-8-14(13)19)21-10-11-5-6-11/h7-9,11,21H,5-6,10H2,1-4H3,(H2,20,22). The lowest BCUT2D eigenvalue weighted by Gasteiger charge is -2.46. The summed E-state index contributed by atoms with van der Waals surface area (Å²) in [6.07, 6.45) is 2.49. The van der Waals surface area contributed by atoms with E-state index < -0.39 is 11.0 Å². The van der Waals surface area contributed by atoms with Crippen LogP contribution < -0.4 is 11.1 Å². The Hall–Kier alpha value is -2.11. The van der Waals surface area contributed by atoms with Crippen molar-refractivity contribution in [1.82, 2.24) is 4.90 Å². The number of carbonyl (C=O) groups is 1. The molecule has 1 saturated carbocycles. The number of benzene rings is 1. The van der Waals surface area contributed by atoms with Crippen LogP contribution in [0.3, 0.4) is 0 Å². The molecule has 1 aromatic carbocycles. The first-order chi connectivity index (χ1) is 11.2. The average Bonchev–Trinajstić information content (AvgIpc) is 3.35. The molecule has 0 radical (unpaired) electrons. The number of guanidine groups is 1. The molecule has 24 heavy (non-hydrogen) atoms. The van der Waals surface area contributed by atoms with Crippen molar-refractivity contribution in [2.24, 2.45) is 22.1 Å². The maximum Gasteiger partial charge on any atom is 0.237 e. The van der Waals surface area contributed by atoms with Crippen molar-refractivity contribution in [3.8, 4) is 0 Å². The molecule has 0 aromatic heterocycles. The smallest absolute Gasteiger partial charge is 0.237 e. The second-order valence-corrected chi connectivity index (χ2v) is 7.55. The van der Waals surface area contributed by atoms with Crippen molar-refractivity contribution in [2.45, 2.75) is 39.2 Å². The molecule has 0 spiro atoms. The third-order valence-corrected chi connectivity index (χ3v) is 5.52. The second-order valence-electron chi connectivity index (χ2n) is 7.55. The van der Waals surface area contributed by atoms with Crippen LogP contribution >= 0.6 is 0 Å². The molecule has 2 aliphatic rings. The van der Waals surface area contributed by atoms with E-state index in [9.17, 15) is 9.18 Å². The van der Waals surface area contributed by atoms with Crippen LogP contribution in [0.1, 0.15) is 39.2 Å². The number of hydrogen-bond donors (Lipinski definition) is 2. The lowest BCUT2D eigenvalue weighted by Crippen LogP contribution is -2.58. The summed E-state index contributed by atoms with van der Waals surface area (Å²) in [5.41, 5.74) is 5.16. The Morgan fingerprint density at radius 3 is 2.67 bits per heavy atom. The van der Waals surface area contributed by atoms with Crippen LogP contribution in [0.25, 0.3) is 0 Å². The number of aliphatic imine (C=N–C) groups is 1. The Kier molecular flexibility index (Phi) is 3.81. The molecule has 1 unspecified atom stereocenters. The predicted molar refractivity (Wildman–Crippen MR) is 93.1 cm³/mol. The first-order valence-corrected chi connectivity index (χ1v) is 8.34. The summed E-state index contributed by atoms with van der Waals surface area (Å²) in [6, 6.07) is 4.91. The van der Waals surface area contributed by atoms with Gasteiger partial charge in [-0.05, 0) is 57.7 Å². The summed E-state index contributed by atoms with van der Waals surface area (Å²) >= 11 is 0. The lowest BCUT2D eigenvalue weighted by atomic mass is 9.67. The van der Waals surface area contributed by atoms with Gasteiger partial charge in [-0.2, -0.15) is 0 Å². The summed E-state index contributed by atoms with van der Waals surface area (Å²) in [7, 11) is 1.59. The van der Waals surface area contributed by atoms with E-state index in [0.29, 0.717) is 11.5 Å². The molecule has 1 heterocycles. The first-order valence-electron chi connectivity index (χ1n) is 8.34. The Balaban J connectivity index is 2.04. The van der Waals surface area contributed by atoms with Crippen LogP contribution in [0.5, 0.6) is 0 Å². The van der Waals surface area contributed by atoms with Gasteiger partial charge in [-0.25, -0.2) is 9.38 Å². The van der Waals surface area contributed by atoms with Crippen LogP contribution in [-0.4, -0.2) is 30.4 Å². The van der Waals surface area contributed by atoms with Crippen molar-refractivity contribution in [1.29, 1.82) is 0 Å². The number of nitrogens with zero attached hydrogens (tertiary/aromatic N) is 2. The average molecular weight is 332 g/mol. The molecule has 1 aliphatic carbocycles. The molecule has 3 N–H and O–H groups in total. The molecular formula is C18H25FN4O. The predicted octanol–water partition coefficient (Wildman–Crippen LogP) is 2.68. The third-order valence-electron chi connectivity index (χ3n) is 5.52. The molecule has 1 fully saturated rings. The summed E-state index contributed by atoms with van der Waals surface area (Å²) in [6.45, 7) is 6.23. The highest BCUT2D eigenvalue weighted by molar-refractivity contribution is 6.01. The number of hydrogen-bond acceptors (Lipinski definition) is 4. The maximum absolute atomic E-state index is 14.6. The number of anilines is 1. The monoisotopic (exact) mass is 332 g/mol. The zero-order valence-corrected chi connectivity index (χ0v) is 14.7. The van der Waals surface area contributed by atoms with E-state index in [4.69, 9.17) is 5.73 Å². The van der Waals surface area contributed by atoms with Gasteiger partial charge >= 0.3 is 0 Å². The topological polar surface area (TPSA) is 70.7 Å². The second kappa shape index (κ2) is 5.46. The minimum atomic E-state index is -1.07. The third kappa shape index (κ3) is 2.54. The van der Waals surface area contributed by atoms with Crippen LogP contribution in [0.15, 0.2) is 23.2 Å². The van der Waals surface area contributed by atoms with Crippen LogP contribution in [0, 0.1) is 17.2 Å². The number of nitrogens with two attached hydrogens (primary N) is 1. The molecule has 5 nitrogen and oxygen atoms in total. The van der Waals surface area contributed by atoms with E-state index in [1.165, 1.54) is 23.8 Å². The maximum atomic E-state index is 14.6. The van der Waals surface area contributed by atoms with E-state index >= 15 is 0 Å². The summed E-state index contributed by atoms with van der Waals surface area (Å²) in [4.78, 5) is 18.5. The quantitative estimate of drug-likeness (QED) is 0.890. The fraction of sp³-hybridized carbons (Fsp3) is 0.556. The summed E-state index contributed by atoms with van der Waals surface area (Å²) < 4.78 is 14.6. The molecular weight excluding hydrogens is 307 g/mol. The molecule has 1 aliphatic heterocycles. The van der Waals surface area contributed by atoms with E-state index in [1.54, 1.807) is 40.0 Å². The molecule has 0 bridgehead atoms. The normalized spacial score (nSPS) is 26.3. The first kappa shape index (κ1) is 16.7. The molecule has 6 heteroatoms. The number of rotatable bonds is 4. The van der Waals surface area contributed by atoms with Crippen LogP contribution in [-0.2, 0) is 10.3 Å². The van der Waals surface area contributed by atoms with Gasteiger partial charge in [0, 0.05) is 24.8 Å². The molecule has 130 valence electrons. The Labute approximate surface area is 142 Å². The van der Waals surface area contributed by atoms with E-state index in [1.807, 2.05) is 0 Å². The number of amides is 1. The lowest BCUT2D eigenvalue weighted by molar-refractivity contribution is -0.140. The van der Waals surface area contributed by atoms with Gasteiger partial charge in [-0.3, -0.25) is 9.69 Å². The highest BCUT2D eigenvalue weighted by Gasteiger charge is 2.53. The molecule has 0 saturated heterocycles. The van der Waals surface area contributed by atoms with Gasteiger partial charge in [-0.15, -0.1) is 0 Å². The SMILES string of the molecule is CN1C(=O)C(C)(C)C(C)(c2cc(NCC3CC3)ccc2F)N=C1N. The van der Waals surface area contributed by atoms with Crippen molar-refractivity contribution in [2.75, 3.05) is 18.9 Å². The fourth-order valence-electron chi connectivity index (χ4n) is 3.16. The van der Waals surface area contributed by atoms with Gasteiger partial charge in [0.05, 0.1) is 5.41 Å². The number of carbonyl (C=O) groups excluding carboxylic acids is 1. The molecule has 1 amide bonds. The Morgan fingerprint density at radius 2 is 2.04 bits per heavy atom. The largest absolute Gasteiger partial charge is 0.385 e. The summed E-state index contributed by atoms with van der Waals surface area (Å²) in [5.74, 6) is 0.270. The Bertz CT molecular complexity index is 711. The van der Waals surface area contributed by atoms with Crippen LogP contribution in [0.4, 0.5) is 10.1 Å². The van der Waals surface area contributed by atoms with Gasteiger partial charge in [0.15, 0.2) is 5.96 Å². The van der Waals surface area contributed by atoms with Crippen molar-refractivity contribution < 1.29 is 9.18 Å². The van der Waals surface area contributed by atoms with Gasteiger partial charge < -0.3 is 11.1 Å². The Morgan fingerprint density at radius 1 is 1.38 bits per heavy atom. The van der Waals surface area contributed by atoms with Crippen molar-refractivity contribution in [3.05, 3.63) is 29.6 Å². The van der Waals surface area contributed by atoms with Gasteiger partial charge in [0.1, 0.15) is 11.4 Å². The number of halogens is 1. The van der Waals surface area contributed by atoms with E-state index in [0.717, 1.165) is 12.2 Å².